The monoisotopic (exact) mass is 325 g/mol. The number of nitrogens with zero attached hydrogens (tertiary/aromatic N) is 1. The molecule has 0 radical (unpaired) electrons. The molecular weight excluding hydrogens is 306 g/mol. The maximum Gasteiger partial charge on any atom is 0.233 e. The fourth-order valence-corrected chi connectivity index (χ4v) is 3.15. The lowest BCUT2D eigenvalue weighted by Gasteiger charge is -2.10. The van der Waals surface area contributed by atoms with E-state index in [2.05, 4.69) is 21.4 Å². The average Bonchev–Trinajstić information content (AvgIpc) is 2.94. The van der Waals surface area contributed by atoms with E-state index < -0.39 is 0 Å². The smallest absolute Gasteiger partial charge is 0.233 e. The van der Waals surface area contributed by atoms with Gasteiger partial charge in [0.15, 0.2) is 5.16 Å². The van der Waals surface area contributed by atoms with E-state index in [1.807, 2.05) is 56.3 Å². The van der Waals surface area contributed by atoms with Crippen LogP contribution in [0.25, 0.3) is 11.0 Å². The molecule has 0 unspecified atom stereocenters. The lowest BCUT2D eigenvalue weighted by molar-refractivity contribution is -0.120. The summed E-state index contributed by atoms with van der Waals surface area (Å²) in [5, 5.41) is 3.52. The topological polar surface area (TPSA) is 57.8 Å². The molecule has 1 atom stereocenters. The van der Waals surface area contributed by atoms with E-state index in [0.29, 0.717) is 6.54 Å². The molecular formula is C18H19N3OS. The van der Waals surface area contributed by atoms with Gasteiger partial charge in [-0.15, -0.1) is 0 Å². The first kappa shape index (κ1) is 15.6. The van der Waals surface area contributed by atoms with Crippen molar-refractivity contribution in [1.29, 1.82) is 0 Å². The second kappa shape index (κ2) is 6.87. The summed E-state index contributed by atoms with van der Waals surface area (Å²) < 4.78 is 0. The summed E-state index contributed by atoms with van der Waals surface area (Å²) in [6.07, 6.45) is 0. The van der Waals surface area contributed by atoms with Gasteiger partial charge < -0.3 is 10.3 Å². The highest BCUT2D eigenvalue weighted by molar-refractivity contribution is 8.00. The number of amides is 1. The Balaban J connectivity index is 1.60. The van der Waals surface area contributed by atoms with Crippen molar-refractivity contribution >= 4 is 28.7 Å². The van der Waals surface area contributed by atoms with E-state index in [9.17, 15) is 4.79 Å². The van der Waals surface area contributed by atoms with Gasteiger partial charge in [-0.3, -0.25) is 4.79 Å². The highest BCUT2D eigenvalue weighted by atomic mass is 32.2. The number of hydrogen-bond donors (Lipinski definition) is 2. The Kier molecular flexibility index (Phi) is 4.67. The van der Waals surface area contributed by atoms with Gasteiger partial charge in [0.25, 0.3) is 0 Å². The molecule has 5 heteroatoms. The zero-order valence-corrected chi connectivity index (χ0v) is 14.0. The number of carbonyl (C=O) groups is 1. The number of aryl methyl sites for hydroxylation is 1. The third-order valence-corrected chi connectivity index (χ3v) is 4.57. The molecule has 1 heterocycles. The summed E-state index contributed by atoms with van der Waals surface area (Å²) in [5.41, 5.74) is 4.21. The average molecular weight is 325 g/mol. The van der Waals surface area contributed by atoms with Gasteiger partial charge in [-0.05, 0) is 37.1 Å². The minimum absolute atomic E-state index is 0.00971. The normalized spacial score (nSPS) is 12.3. The summed E-state index contributed by atoms with van der Waals surface area (Å²) >= 11 is 1.44. The number of carbonyl (C=O) groups excluding carboxylic acids is 1. The van der Waals surface area contributed by atoms with E-state index in [1.54, 1.807) is 0 Å². The maximum absolute atomic E-state index is 12.2. The molecule has 2 N–H and O–H groups in total. The number of imidazole rings is 1. The van der Waals surface area contributed by atoms with Crippen molar-refractivity contribution < 1.29 is 4.79 Å². The number of aromatic nitrogens is 2. The van der Waals surface area contributed by atoms with Crippen LogP contribution in [0.5, 0.6) is 0 Å². The SMILES string of the molecule is Cc1ccc2nc(S[C@@H](C)C(=O)NCc3ccccc3)[nH]c2c1. The predicted molar refractivity (Wildman–Crippen MR) is 94.4 cm³/mol. The Bertz CT molecular complexity index is 814. The Labute approximate surface area is 139 Å². The number of hydrogen-bond acceptors (Lipinski definition) is 3. The number of aromatic amines is 1. The second-order valence-electron chi connectivity index (χ2n) is 5.53. The maximum atomic E-state index is 12.2. The highest BCUT2D eigenvalue weighted by Gasteiger charge is 2.16. The fraction of sp³-hybridized carbons (Fsp3) is 0.222. The molecule has 118 valence electrons. The van der Waals surface area contributed by atoms with E-state index in [1.165, 1.54) is 17.3 Å². The summed E-state index contributed by atoms with van der Waals surface area (Å²) in [4.78, 5) is 20.0. The molecule has 3 aromatic rings. The van der Waals surface area contributed by atoms with Crippen molar-refractivity contribution in [2.24, 2.45) is 0 Å². The third-order valence-electron chi connectivity index (χ3n) is 3.58. The standard InChI is InChI=1S/C18H19N3OS/c1-12-8-9-15-16(10-12)21-18(20-15)23-13(2)17(22)19-11-14-6-4-3-5-7-14/h3-10,13H,11H2,1-2H3,(H,19,22)(H,20,21)/t13-/m0/s1. The van der Waals surface area contributed by atoms with Gasteiger partial charge in [-0.2, -0.15) is 0 Å². The highest BCUT2D eigenvalue weighted by Crippen LogP contribution is 2.24. The number of benzene rings is 2. The van der Waals surface area contributed by atoms with Crippen LogP contribution in [0.4, 0.5) is 0 Å². The van der Waals surface area contributed by atoms with Crippen molar-refractivity contribution in [3.05, 3.63) is 59.7 Å². The Morgan fingerprint density at radius 3 is 2.83 bits per heavy atom. The predicted octanol–water partition coefficient (Wildman–Crippen LogP) is 3.67. The first-order valence-electron chi connectivity index (χ1n) is 7.56. The summed E-state index contributed by atoms with van der Waals surface area (Å²) in [6.45, 7) is 4.49. The quantitative estimate of drug-likeness (QED) is 0.704. The Morgan fingerprint density at radius 1 is 1.26 bits per heavy atom. The van der Waals surface area contributed by atoms with Crippen LogP contribution in [0.3, 0.4) is 0 Å². The molecule has 2 aromatic carbocycles. The molecule has 0 bridgehead atoms. The zero-order valence-electron chi connectivity index (χ0n) is 13.2. The molecule has 3 rings (SSSR count). The molecule has 1 amide bonds. The summed E-state index contributed by atoms with van der Waals surface area (Å²) in [6, 6.07) is 16.0. The van der Waals surface area contributed by atoms with Gasteiger partial charge in [0, 0.05) is 6.54 Å². The minimum Gasteiger partial charge on any atom is -0.351 e. The van der Waals surface area contributed by atoms with Gasteiger partial charge in [-0.25, -0.2) is 4.98 Å². The van der Waals surface area contributed by atoms with Gasteiger partial charge in [0.2, 0.25) is 5.91 Å². The Morgan fingerprint density at radius 2 is 2.04 bits per heavy atom. The molecule has 0 aliphatic heterocycles. The van der Waals surface area contributed by atoms with Crippen molar-refractivity contribution in [3.63, 3.8) is 0 Å². The van der Waals surface area contributed by atoms with Crippen LogP contribution in [-0.4, -0.2) is 21.1 Å². The molecule has 0 aliphatic rings. The van der Waals surface area contributed by atoms with Crippen LogP contribution in [0.1, 0.15) is 18.1 Å². The molecule has 0 aliphatic carbocycles. The number of fused-ring (bicyclic) bond motifs is 1. The van der Waals surface area contributed by atoms with Crippen LogP contribution < -0.4 is 5.32 Å². The van der Waals surface area contributed by atoms with Gasteiger partial charge in [0.05, 0.1) is 16.3 Å². The lowest BCUT2D eigenvalue weighted by Crippen LogP contribution is -2.30. The molecule has 1 aromatic heterocycles. The first-order chi connectivity index (χ1) is 11.1. The van der Waals surface area contributed by atoms with Crippen LogP contribution in [0, 0.1) is 6.92 Å². The number of rotatable bonds is 5. The molecule has 0 fully saturated rings. The van der Waals surface area contributed by atoms with Crippen LogP contribution in [0.2, 0.25) is 0 Å². The molecule has 0 spiro atoms. The zero-order chi connectivity index (χ0) is 16.2. The summed E-state index contributed by atoms with van der Waals surface area (Å²) in [5.74, 6) is 0.00971. The minimum atomic E-state index is -0.208. The van der Waals surface area contributed by atoms with Gasteiger partial charge >= 0.3 is 0 Å². The molecule has 4 nitrogen and oxygen atoms in total. The van der Waals surface area contributed by atoms with Crippen LogP contribution >= 0.6 is 11.8 Å². The summed E-state index contributed by atoms with van der Waals surface area (Å²) in [7, 11) is 0. The van der Waals surface area contributed by atoms with E-state index >= 15 is 0 Å². The fourth-order valence-electron chi connectivity index (χ4n) is 2.31. The number of thioether (sulfide) groups is 1. The van der Waals surface area contributed by atoms with Gasteiger partial charge in [-0.1, -0.05) is 48.2 Å². The molecule has 0 saturated heterocycles. The molecule has 23 heavy (non-hydrogen) atoms. The van der Waals surface area contributed by atoms with Crippen molar-refractivity contribution in [2.45, 2.75) is 30.8 Å². The van der Waals surface area contributed by atoms with Crippen LogP contribution in [0.15, 0.2) is 53.7 Å². The van der Waals surface area contributed by atoms with Crippen LogP contribution in [-0.2, 0) is 11.3 Å². The van der Waals surface area contributed by atoms with Crippen molar-refractivity contribution in [1.82, 2.24) is 15.3 Å². The largest absolute Gasteiger partial charge is 0.351 e. The lowest BCUT2D eigenvalue weighted by atomic mass is 10.2. The number of nitrogens with one attached hydrogen (secondary N) is 2. The van der Waals surface area contributed by atoms with Crippen molar-refractivity contribution in [3.8, 4) is 0 Å². The first-order valence-corrected chi connectivity index (χ1v) is 8.44. The van der Waals surface area contributed by atoms with Gasteiger partial charge in [0.1, 0.15) is 0 Å². The van der Waals surface area contributed by atoms with E-state index in [4.69, 9.17) is 0 Å². The Hall–Kier alpha value is -2.27. The van der Waals surface area contributed by atoms with E-state index in [0.717, 1.165) is 21.8 Å². The van der Waals surface area contributed by atoms with Crippen molar-refractivity contribution in [2.75, 3.05) is 0 Å². The number of H-pyrrole nitrogens is 1. The third kappa shape index (κ3) is 3.93. The second-order valence-corrected chi connectivity index (χ2v) is 6.86. The van der Waals surface area contributed by atoms with E-state index in [-0.39, 0.29) is 11.2 Å². The molecule has 0 saturated carbocycles.